The Balaban J connectivity index is 4.86. The molecule has 2 heteroatoms. The molecule has 0 aromatic rings. The maximum atomic E-state index is 14.1. The molecular formula is C11H22F2. The Labute approximate surface area is 80.7 Å². The van der Waals surface area contributed by atoms with E-state index >= 15 is 0 Å². The van der Waals surface area contributed by atoms with Crippen LogP contribution in [0.1, 0.15) is 48.5 Å². The minimum atomic E-state index is -1.79. The molecule has 0 bridgehead atoms. The summed E-state index contributed by atoms with van der Waals surface area (Å²) in [6.07, 6.45) is -1.44. The van der Waals surface area contributed by atoms with Gasteiger partial charge in [-0.05, 0) is 17.8 Å². The predicted molar refractivity (Wildman–Crippen MR) is 53.3 cm³/mol. The lowest BCUT2D eigenvalue weighted by atomic mass is 9.69. The normalized spacial score (nSPS) is 21.0. The molecule has 0 nitrogen and oxygen atoms in total. The highest BCUT2D eigenvalue weighted by Gasteiger charge is 2.50. The fraction of sp³-hybridized carbons (Fsp3) is 1.00. The van der Waals surface area contributed by atoms with Gasteiger partial charge in [-0.25, -0.2) is 8.78 Å². The summed E-state index contributed by atoms with van der Waals surface area (Å²) < 4.78 is 27.9. The van der Waals surface area contributed by atoms with E-state index in [0.717, 1.165) is 0 Å². The van der Waals surface area contributed by atoms with Gasteiger partial charge in [-0.3, -0.25) is 0 Å². The van der Waals surface area contributed by atoms with Gasteiger partial charge < -0.3 is 0 Å². The van der Waals surface area contributed by atoms with E-state index in [1.54, 1.807) is 41.5 Å². The highest BCUT2D eigenvalue weighted by atomic mass is 19.2. The van der Waals surface area contributed by atoms with Crippen LogP contribution in [0.3, 0.4) is 0 Å². The SMILES string of the molecule is CC(C)(C)C(F)C(C)(F)C(C)(C)C. The van der Waals surface area contributed by atoms with Gasteiger partial charge in [0.25, 0.3) is 0 Å². The Morgan fingerprint density at radius 3 is 1.23 bits per heavy atom. The maximum absolute atomic E-state index is 14.1. The zero-order valence-corrected chi connectivity index (χ0v) is 9.83. The molecule has 0 aromatic carbocycles. The summed E-state index contributed by atoms with van der Waals surface area (Å²) in [6.45, 7) is 11.7. The Kier molecular flexibility index (Phi) is 3.18. The van der Waals surface area contributed by atoms with Gasteiger partial charge in [-0.1, -0.05) is 41.5 Å². The molecule has 13 heavy (non-hydrogen) atoms. The molecular weight excluding hydrogens is 170 g/mol. The zero-order chi connectivity index (χ0) is 11.1. The van der Waals surface area contributed by atoms with Crippen LogP contribution in [0, 0.1) is 10.8 Å². The van der Waals surface area contributed by atoms with Crippen LogP contribution in [-0.2, 0) is 0 Å². The van der Waals surface area contributed by atoms with Crippen LogP contribution >= 0.6 is 0 Å². The quantitative estimate of drug-likeness (QED) is 0.585. The van der Waals surface area contributed by atoms with Gasteiger partial charge in [0.05, 0.1) is 0 Å². The van der Waals surface area contributed by atoms with Gasteiger partial charge in [0, 0.05) is 0 Å². The Morgan fingerprint density at radius 2 is 1.15 bits per heavy atom. The van der Waals surface area contributed by atoms with Gasteiger partial charge in [0.2, 0.25) is 0 Å². The molecule has 0 fully saturated rings. The van der Waals surface area contributed by atoms with Crippen molar-refractivity contribution >= 4 is 0 Å². The van der Waals surface area contributed by atoms with Crippen molar-refractivity contribution in [1.82, 2.24) is 0 Å². The van der Waals surface area contributed by atoms with Crippen LogP contribution in [0.2, 0.25) is 0 Å². The molecule has 2 atom stereocenters. The molecule has 0 rings (SSSR count). The second-order valence-corrected chi connectivity index (χ2v) is 6.05. The molecule has 2 unspecified atom stereocenters. The molecule has 0 N–H and O–H groups in total. The van der Waals surface area contributed by atoms with Crippen LogP contribution in [0.25, 0.3) is 0 Å². The first-order valence-electron chi connectivity index (χ1n) is 4.73. The lowest BCUT2D eigenvalue weighted by Gasteiger charge is -2.42. The molecule has 0 aromatic heterocycles. The van der Waals surface area contributed by atoms with Gasteiger partial charge in [0.1, 0.15) is 11.8 Å². The predicted octanol–water partition coefficient (Wildman–Crippen LogP) is 4.14. The number of rotatable bonds is 1. The molecule has 80 valence electrons. The van der Waals surface area contributed by atoms with Crippen molar-refractivity contribution in [2.75, 3.05) is 0 Å². The van der Waals surface area contributed by atoms with E-state index in [2.05, 4.69) is 0 Å². The fourth-order valence-electron chi connectivity index (χ4n) is 1.19. The van der Waals surface area contributed by atoms with Crippen molar-refractivity contribution in [3.8, 4) is 0 Å². The van der Waals surface area contributed by atoms with Crippen LogP contribution < -0.4 is 0 Å². The van der Waals surface area contributed by atoms with Crippen LogP contribution in [0.4, 0.5) is 8.78 Å². The highest BCUT2D eigenvalue weighted by molar-refractivity contribution is 4.98. The third kappa shape index (κ3) is 2.65. The topological polar surface area (TPSA) is 0 Å². The molecule has 0 heterocycles. The maximum Gasteiger partial charge on any atom is 0.144 e. The van der Waals surface area contributed by atoms with Gasteiger partial charge in [0.15, 0.2) is 0 Å². The van der Waals surface area contributed by atoms with Crippen molar-refractivity contribution < 1.29 is 8.78 Å². The molecule has 0 saturated heterocycles. The standard InChI is InChI=1S/C11H22F2/c1-9(2,3)8(12)11(7,13)10(4,5)6/h8H,1-7H3. The summed E-state index contributed by atoms with van der Waals surface area (Å²) >= 11 is 0. The first-order valence-corrected chi connectivity index (χ1v) is 4.73. The monoisotopic (exact) mass is 192 g/mol. The lowest BCUT2D eigenvalue weighted by molar-refractivity contribution is -0.0721. The number of hydrogen-bond donors (Lipinski definition) is 0. The lowest BCUT2D eigenvalue weighted by Crippen LogP contribution is -2.49. The molecule has 0 radical (unpaired) electrons. The molecule has 0 saturated carbocycles. The highest BCUT2D eigenvalue weighted by Crippen LogP contribution is 2.44. The van der Waals surface area contributed by atoms with Gasteiger partial charge in [-0.2, -0.15) is 0 Å². The Bertz CT molecular complexity index is 170. The van der Waals surface area contributed by atoms with Gasteiger partial charge >= 0.3 is 0 Å². The Morgan fingerprint density at radius 1 is 0.846 bits per heavy atom. The minimum absolute atomic E-state index is 0.642. The second kappa shape index (κ2) is 3.21. The summed E-state index contributed by atoms with van der Waals surface area (Å²) in [7, 11) is 0. The molecule has 0 amide bonds. The van der Waals surface area contributed by atoms with E-state index < -0.39 is 22.7 Å². The van der Waals surface area contributed by atoms with Crippen molar-refractivity contribution in [3.05, 3.63) is 0 Å². The molecule has 0 aliphatic heterocycles. The van der Waals surface area contributed by atoms with E-state index in [1.165, 1.54) is 6.92 Å². The smallest absolute Gasteiger partial charge is 0.144 e. The van der Waals surface area contributed by atoms with Crippen LogP contribution in [-0.4, -0.2) is 11.8 Å². The van der Waals surface area contributed by atoms with E-state index in [9.17, 15) is 8.78 Å². The third-order valence-corrected chi connectivity index (χ3v) is 2.70. The number of halogens is 2. The van der Waals surface area contributed by atoms with Crippen molar-refractivity contribution in [2.24, 2.45) is 10.8 Å². The van der Waals surface area contributed by atoms with E-state index in [1.807, 2.05) is 0 Å². The summed E-state index contributed by atoms with van der Waals surface area (Å²) in [5.74, 6) is 0. The largest absolute Gasteiger partial charge is 0.243 e. The molecule has 0 spiro atoms. The molecule has 0 aliphatic rings. The van der Waals surface area contributed by atoms with Crippen molar-refractivity contribution in [2.45, 2.75) is 60.3 Å². The van der Waals surface area contributed by atoms with Crippen molar-refractivity contribution in [1.29, 1.82) is 0 Å². The van der Waals surface area contributed by atoms with Crippen LogP contribution in [0.15, 0.2) is 0 Å². The number of alkyl halides is 2. The zero-order valence-electron chi connectivity index (χ0n) is 9.83. The first kappa shape index (κ1) is 12.9. The number of hydrogen-bond acceptors (Lipinski definition) is 0. The van der Waals surface area contributed by atoms with E-state index in [-0.39, 0.29) is 0 Å². The summed E-state index contributed by atoms with van der Waals surface area (Å²) in [6, 6.07) is 0. The summed E-state index contributed by atoms with van der Waals surface area (Å²) in [5, 5.41) is 0. The first-order chi connectivity index (χ1) is 5.40. The van der Waals surface area contributed by atoms with Gasteiger partial charge in [-0.15, -0.1) is 0 Å². The summed E-state index contributed by atoms with van der Waals surface area (Å²) in [5.41, 5.74) is -3.10. The van der Waals surface area contributed by atoms with E-state index in [0.29, 0.717) is 0 Å². The Hall–Kier alpha value is -0.140. The average Bonchev–Trinajstić information content (AvgIpc) is 1.81. The summed E-state index contributed by atoms with van der Waals surface area (Å²) in [4.78, 5) is 0. The fourth-order valence-corrected chi connectivity index (χ4v) is 1.19. The second-order valence-electron chi connectivity index (χ2n) is 6.05. The van der Waals surface area contributed by atoms with Crippen LogP contribution in [0.5, 0.6) is 0 Å². The molecule has 0 aliphatic carbocycles. The van der Waals surface area contributed by atoms with E-state index in [4.69, 9.17) is 0 Å². The van der Waals surface area contributed by atoms with Crippen molar-refractivity contribution in [3.63, 3.8) is 0 Å². The average molecular weight is 192 g/mol. The third-order valence-electron chi connectivity index (χ3n) is 2.70. The minimum Gasteiger partial charge on any atom is -0.243 e.